The number of nitrogens with one attached hydrogen (secondary N) is 1. The van der Waals surface area contributed by atoms with Gasteiger partial charge in [-0.25, -0.2) is 9.40 Å². The maximum atomic E-state index is 12.7. The van der Waals surface area contributed by atoms with Crippen LogP contribution in [-0.4, -0.2) is 31.6 Å². The van der Waals surface area contributed by atoms with Crippen molar-refractivity contribution in [3.05, 3.63) is 28.5 Å². The quantitative estimate of drug-likeness (QED) is 0.856. The average molecular weight is 291 g/mol. The van der Waals surface area contributed by atoms with E-state index in [2.05, 4.69) is 21.4 Å². The Labute approximate surface area is 101 Å². The van der Waals surface area contributed by atoms with E-state index in [0.29, 0.717) is 10.2 Å². The lowest BCUT2D eigenvalue weighted by atomic mass is 10.3. The molecule has 0 aliphatic rings. The lowest BCUT2D eigenvalue weighted by molar-refractivity contribution is -0.126. The molecule has 1 N–H and O–H groups in total. The van der Waals surface area contributed by atoms with Gasteiger partial charge in [0.15, 0.2) is 6.61 Å². The minimum atomic E-state index is -0.364. The molecule has 6 heteroatoms. The summed E-state index contributed by atoms with van der Waals surface area (Å²) >= 11 is 3.14. The monoisotopic (exact) mass is 290 g/mol. The molecule has 0 heterocycles. The van der Waals surface area contributed by atoms with Crippen molar-refractivity contribution in [2.24, 2.45) is 0 Å². The summed E-state index contributed by atoms with van der Waals surface area (Å²) < 4.78 is 18.4. The molecule has 0 aliphatic carbocycles. The van der Waals surface area contributed by atoms with Gasteiger partial charge >= 0.3 is 0 Å². The van der Waals surface area contributed by atoms with E-state index in [9.17, 15) is 9.18 Å². The van der Waals surface area contributed by atoms with Crippen molar-refractivity contribution < 1.29 is 13.9 Å². The van der Waals surface area contributed by atoms with Gasteiger partial charge in [0.25, 0.3) is 5.91 Å². The summed E-state index contributed by atoms with van der Waals surface area (Å²) in [6, 6.07) is 4.01. The van der Waals surface area contributed by atoms with Crippen LogP contribution in [-0.2, 0) is 4.79 Å². The summed E-state index contributed by atoms with van der Waals surface area (Å²) in [6.07, 6.45) is 0. The van der Waals surface area contributed by atoms with Gasteiger partial charge in [-0.3, -0.25) is 10.2 Å². The maximum absolute atomic E-state index is 12.7. The standard InChI is InChI=1S/C10H12BrFN2O2/c1-14(2)13-10(15)6-16-9-4-3-7(12)5-8(9)11/h3-5H,6H2,1-2H3,(H,13,15). The van der Waals surface area contributed by atoms with E-state index in [1.807, 2.05) is 0 Å². The number of carbonyl (C=O) groups excluding carboxylic acids is 1. The molecule has 0 atom stereocenters. The van der Waals surface area contributed by atoms with Crippen LogP contribution in [0.4, 0.5) is 4.39 Å². The summed E-state index contributed by atoms with van der Waals surface area (Å²) in [7, 11) is 3.40. The highest BCUT2D eigenvalue weighted by atomic mass is 79.9. The predicted molar refractivity (Wildman–Crippen MR) is 61.4 cm³/mol. The molecule has 1 amide bonds. The van der Waals surface area contributed by atoms with Crippen molar-refractivity contribution in [2.45, 2.75) is 0 Å². The normalized spacial score (nSPS) is 10.3. The lowest BCUT2D eigenvalue weighted by Crippen LogP contribution is -2.39. The number of rotatable bonds is 4. The number of carbonyl (C=O) groups is 1. The second-order valence-electron chi connectivity index (χ2n) is 3.29. The molecule has 0 aliphatic heterocycles. The average Bonchev–Trinajstić information content (AvgIpc) is 2.15. The van der Waals surface area contributed by atoms with Gasteiger partial charge in [0.2, 0.25) is 0 Å². The number of hydrogen-bond acceptors (Lipinski definition) is 3. The molecule has 4 nitrogen and oxygen atoms in total. The molecule has 0 radical (unpaired) electrons. The van der Waals surface area contributed by atoms with Gasteiger partial charge < -0.3 is 4.74 Å². The third kappa shape index (κ3) is 4.16. The van der Waals surface area contributed by atoms with Crippen molar-refractivity contribution in [1.29, 1.82) is 0 Å². The first kappa shape index (κ1) is 12.9. The first-order valence-electron chi connectivity index (χ1n) is 4.53. The zero-order chi connectivity index (χ0) is 12.1. The Morgan fingerprint density at radius 2 is 2.25 bits per heavy atom. The van der Waals surface area contributed by atoms with Crippen LogP contribution in [0, 0.1) is 5.82 Å². The SMILES string of the molecule is CN(C)NC(=O)COc1ccc(F)cc1Br. The summed E-state index contributed by atoms with van der Waals surface area (Å²) in [6.45, 7) is -0.123. The highest BCUT2D eigenvalue weighted by Crippen LogP contribution is 2.25. The first-order valence-corrected chi connectivity index (χ1v) is 5.33. The summed E-state index contributed by atoms with van der Waals surface area (Å²) in [5.74, 6) is -0.214. The van der Waals surface area contributed by atoms with E-state index in [4.69, 9.17) is 4.74 Å². The molecule has 0 bridgehead atoms. The largest absolute Gasteiger partial charge is 0.483 e. The smallest absolute Gasteiger partial charge is 0.272 e. The maximum Gasteiger partial charge on any atom is 0.272 e. The van der Waals surface area contributed by atoms with Crippen LogP contribution in [0.5, 0.6) is 5.75 Å². The van der Waals surface area contributed by atoms with Gasteiger partial charge in [-0.15, -0.1) is 0 Å². The van der Waals surface area contributed by atoms with Crippen LogP contribution in [0.3, 0.4) is 0 Å². The highest BCUT2D eigenvalue weighted by molar-refractivity contribution is 9.10. The molecule has 1 aromatic carbocycles. The number of amides is 1. The number of hydrogen-bond donors (Lipinski definition) is 1. The summed E-state index contributed by atoms with van der Waals surface area (Å²) in [4.78, 5) is 11.2. The van der Waals surface area contributed by atoms with Crippen LogP contribution in [0.2, 0.25) is 0 Å². The third-order valence-corrected chi connectivity index (χ3v) is 2.22. The molecular formula is C10H12BrFN2O2. The summed E-state index contributed by atoms with van der Waals surface area (Å²) in [5.41, 5.74) is 2.52. The van der Waals surface area contributed by atoms with Gasteiger partial charge in [-0.2, -0.15) is 0 Å². The Balaban J connectivity index is 2.51. The number of halogens is 2. The highest BCUT2D eigenvalue weighted by Gasteiger charge is 2.06. The molecule has 0 fully saturated rings. The fourth-order valence-corrected chi connectivity index (χ4v) is 1.48. The lowest BCUT2D eigenvalue weighted by Gasteiger charge is -2.12. The molecular weight excluding hydrogens is 279 g/mol. The van der Waals surface area contributed by atoms with Crippen molar-refractivity contribution >= 4 is 21.8 Å². The minimum absolute atomic E-state index is 0.123. The van der Waals surface area contributed by atoms with Crippen LogP contribution in [0.1, 0.15) is 0 Å². The van der Waals surface area contributed by atoms with E-state index in [-0.39, 0.29) is 18.3 Å². The van der Waals surface area contributed by atoms with Crippen LogP contribution >= 0.6 is 15.9 Å². The van der Waals surface area contributed by atoms with E-state index in [0.717, 1.165) is 0 Å². The Kier molecular flexibility index (Phi) is 4.70. The Bertz CT molecular complexity index is 385. The molecule has 0 spiro atoms. The van der Waals surface area contributed by atoms with E-state index in [1.54, 1.807) is 14.1 Å². The fourth-order valence-electron chi connectivity index (χ4n) is 1.02. The molecule has 0 saturated heterocycles. The van der Waals surface area contributed by atoms with Gasteiger partial charge in [0.05, 0.1) is 4.47 Å². The fraction of sp³-hybridized carbons (Fsp3) is 0.300. The summed E-state index contributed by atoms with van der Waals surface area (Å²) in [5, 5.41) is 1.52. The van der Waals surface area contributed by atoms with Gasteiger partial charge in [-0.1, -0.05) is 0 Å². The molecule has 88 valence electrons. The number of ether oxygens (including phenoxy) is 1. The van der Waals surface area contributed by atoms with Crippen molar-refractivity contribution in [3.8, 4) is 5.75 Å². The van der Waals surface area contributed by atoms with E-state index in [1.165, 1.54) is 23.2 Å². The zero-order valence-corrected chi connectivity index (χ0v) is 10.5. The van der Waals surface area contributed by atoms with Crippen molar-refractivity contribution in [2.75, 3.05) is 20.7 Å². The third-order valence-electron chi connectivity index (χ3n) is 1.60. The molecule has 16 heavy (non-hydrogen) atoms. The second-order valence-corrected chi connectivity index (χ2v) is 4.15. The van der Waals surface area contributed by atoms with Crippen LogP contribution < -0.4 is 10.2 Å². The number of nitrogens with zero attached hydrogens (tertiary/aromatic N) is 1. The van der Waals surface area contributed by atoms with Crippen LogP contribution in [0.25, 0.3) is 0 Å². The van der Waals surface area contributed by atoms with Gasteiger partial charge in [0, 0.05) is 14.1 Å². The molecule has 0 unspecified atom stereocenters. The predicted octanol–water partition coefficient (Wildman–Crippen LogP) is 1.56. The van der Waals surface area contributed by atoms with Gasteiger partial charge in [-0.05, 0) is 34.1 Å². The zero-order valence-electron chi connectivity index (χ0n) is 8.96. The molecule has 1 rings (SSSR count). The number of hydrazine groups is 1. The Morgan fingerprint density at radius 3 is 2.81 bits per heavy atom. The molecule has 0 aromatic heterocycles. The second kappa shape index (κ2) is 5.81. The van der Waals surface area contributed by atoms with Crippen molar-refractivity contribution in [3.63, 3.8) is 0 Å². The van der Waals surface area contributed by atoms with Crippen LogP contribution in [0.15, 0.2) is 22.7 Å². The minimum Gasteiger partial charge on any atom is -0.483 e. The molecule has 0 saturated carbocycles. The first-order chi connectivity index (χ1) is 7.49. The van der Waals surface area contributed by atoms with Gasteiger partial charge in [0.1, 0.15) is 11.6 Å². The van der Waals surface area contributed by atoms with E-state index < -0.39 is 0 Å². The number of benzene rings is 1. The topological polar surface area (TPSA) is 41.6 Å². The van der Waals surface area contributed by atoms with E-state index >= 15 is 0 Å². The van der Waals surface area contributed by atoms with Crippen molar-refractivity contribution in [1.82, 2.24) is 10.4 Å². The molecule has 1 aromatic rings. The Hall–Kier alpha value is -1.14. The Morgan fingerprint density at radius 1 is 1.56 bits per heavy atom.